The van der Waals surface area contributed by atoms with Crippen molar-refractivity contribution < 1.29 is 9.53 Å². The number of likely N-dealkylation sites (tertiary alicyclic amines) is 1. The Labute approximate surface area is 132 Å². The van der Waals surface area contributed by atoms with Crippen molar-refractivity contribution in [1.29, 1.82) is 0 Å². The maximum Gasteiger partial charge on any atom is 0.410 e. The van der Waals surface area contributed by atoms with Gasteiger partial charge in [-0.05, 0) is 50.2 Å². The maximum atomic E-state index is 12.7. The van der Waals surface area contributed by atoms with E-state index in [9.17, 15) is 4.79 Å². The Bertz CT molecular complexity index is 599. The third-order valence-corrected chi connectivity index (χ3v) is 6.42. The molecule has 118 valence electrons. The van der Waals surface area contributed by atoms with Crippen LogP contribution in [0.2, 0.25) is 0 Å². The lowest BCUT2D eigenvalue weighted by Crippen LogP contribution is -2.57. The van der Waals surface area contributed by atoms with Crippen molar-refractivity contribution >= 4 is 6.09 Å². The van der Waals surface area contributed by atoms with E-state index >= 15 is 0 Å². The molecule has 0 radical (unpaired) electrons. The second-order valence-electron chi connectivity index (χ2n) is 7.11. The number of fused-ring (bicyclic) bond motifs is 1. The largest absolute Gasteiger partial charge is 0.450 e. The Kier molecular flexibility index (Phi) is 3.21. The van der Waals surface area contributed by atoms with Gasteiger partial charge >= 0.3 is 6.09 Å². The van der Waals surface area contributed by atoms with Gasteiger partial charge in [-0.15, -0.1) is 0 Å². The smallest absolute Gasteiger partial charge is 0.410 e. The molecule has 1 saturated carbocycles. The molecular weight excluding hydrogens is 274 g/mol. The number of hydrogen-bond acceptors (Lipinski definition) is 2. The van der Waals surface area contributed by atoms with Gasteiger partial charge in [0.15, 0.2) is 0 Å². The number of hydrogen-bond donors (Lipinski definition) is 0. The van der Waals surface area contributed by atoms with Crippen LogP contribution in [0, 0.1) is 5.41 Å². The summed E-state index contributed by atoms with van der Waals surface area (Å²) in [6.45, 7) is 3.21. The molecule has 2 atom stereocenters. The van der Waals surface area contributed by atoms with Crippen LogP contribution in [0.25, 0.3) is 0 Å². The Balaban J connectivity index is 1.88. The van der Waals surface area contributed by atoms with Crippen LogP contribution < -0.4 is 0 Å². The van der Waals surface area contributed by atoms with E-state index in [4.69, 9.17) is 4.74 Å². The highest BCUT2D eigenvalue weighted by Crippen LogP contribution is 2.64. The van der Waals surface area contributed by atoms with Crippen LogP contribution in [-0.2, 0) is 16.7 Å². The lowest BCUT2D eigenvalue weighted by molar-refractivity contribution is -0.0236. The molecule has 3 nitrogen and oxygen atoms in total. The normalized spacial score (nSPS) is 32.9. The minimum Gasteiger partial charge on any atom is -0.450 e. The molecular formula is C19H25NO2. The van der Waals surface area contributed by atoms with Crippen molar-refractivity contribution in [2.24, 2.45) is 5.41 Å². The topological polar surface area (TPSA) is 29.5 Å². The van der Waals surface area contributed by atoms with Gasteiger partial charge in [-0.1, -0.05) is 37.1 Å². The van der Waals surface area contributed by atoms with Crippen molar-refractivity contribution in [2.45, 2.75) is 57.4 Å². The fraction of sp³-hybridized carbons (Fsp3) is 0.632. The van der Waals surface area contributed by atoms with Crippen LogP contribution in [0.1, 0.15) is 56.6 Å². The van der Waals surface area contributed by atoms with Gasteiger partial charge in [-0.3, -0.25) is 4.90 Å². The van der Waals surface area contributed by atoms with Gasteiger partial charge in [0, 0.05) is 12.0 Å². The third kappa shape index (κ3) is 1.65. The first-order valence-electron chi connectivity index (χ1n) is 8.76. The fourth-order valence-electron chi connectivity index (χ4n) is 5.57. The number of aryl methyl sites for hydroxylation is 1. The van der Waals surface area contributed by atoms with Crippen molar-refractivity contribution in [2.75, 3.05) is 13.2 Å². The second-order valence-corrected chi connectivity index (χ2v) is 7.11. The van der Waals surface area contributed by atoms with E-state index in [1.54, 1.807) is 0 Å². The summed E-state index contributed by atoms with van der Waals surface area (Å²) in [5.41, 5.74) is 3.03. The average molecular weight is 299 g/mol. The molecule has 0 aromatic heterocycles. The van der Waals surface area contributed by atoms with Gasteiger partial charge in [0.05, 0.1) is 12.1 Å². The molecule has 2 unspecified atom stereocenters. The second kappa shape index (κ2) is 5.00. The number of ether oxygens (including phenoxy) is 1. The molecule has 4 rings (SSSR count). The number of carbonyl (C=O) groups is 1. The molecule has 1 aliphatic heterocycles. The number of benzene rings is 1. The van der Waals surface area contributed by atoms with E-state index in [0.29, 0.717) is 6.61 Å². The summed E-state index contributed by atoms with van der Waals surface area (Å²) >= 11 is 0. The van der Waals surface area contributed by atoms with Gasteiger partial charge in [0.1, 0.15) is 0 Å². The van der Waals surface area contributed by atoms with Gasteiger partial charge in [-0.2, -0.15) is 0 Å². The number of amides is 1. The zero-order valence-corrected chi connectivity index (χ0v) is 13.4. The minimum absolute atomic E-state index is 0.105. The summed E-state index contributed by atoms with van der Waals surface area (Å²) in [4.78, 5) is 14.8. The van der Waals surface area contributed by atoms with Crippen molar-refractivity contribution in [3.63, 3.8) is 0 Å². The predicted octanol–water partition coefficient (Wildman–Crippen LogP) is 4.25. The summed E-state index contributed by atoms with van der Waals surface area (Å²) in [7, 11) is 0. The molecule has 0 bridgehead atoms. The molecule has 1 saturated heterocycles. The molecule has 3 aliphatic rings. The van der Waals surface area contributed by atoms with E-state index in [1.807, 2.05) is 6.92 Å². The van der Waals surface area contributed by atoms with Crippen molar-refractivity contribution in [3.05, 3.63) is 35.4 Å². The van der Waals surface area contributed by atoms with Crippen LogP contribution in [0.3, 0.4) is 0 Å². The fourth-order valence-corrected chi connectivity index (χ4v) is 5.57. The predicted molar refractivity (Wildman–Crippen MR) is 85.7 cm³/mol. The average Bonchev–Trinajstić information content (AvgIpc) is 2.91. The van der Waals surface area contributed by atoms with Crippen LogP contribution in [-0.4, -0.2) is 24.1 Å². The first-order chi connectivity index (χ1) is 10.7. The van der Waals surface area contributed by atoms with Gasteiger partial charge < -0.3 is 4.74 Å². The van der Waals surface area contributed by atoms with Gasteiger partial charge in [0.25, 0.3) is 0 Å². The highest BCUT2D eigenvalue weighted by Gasteiger charge is 2.63. The Morgan fingerprint density at radius 3 is 2.86 bits per heavy atom. The highest BCUT2D eigenvalue weighted by molar-refractivity contribution is 5.71. The summed E-state index contributed by atoms with van der Waals surface area (Å²) in [5.74, 6) is 0. The SMILES string of the molecule is CCOC(=O)N1CCC23CCCCC12c1ccccc1CC3. The van der Waals surface area contributed by atoms with Crippen LogP contribution in [0.4, 0.5) is 4.79 Å². The van der Waals surface area contributed by atoms with E-state index in [-0.39, 0.29) is 17.0 Å². The van der Waals surface area contributed by atoms with E-state index in [2.05, 4.69) is 29.2 Å². The molecule has 2 aliphatic carbocycles. The number of carbonyl (C=O) groups excluding carboxylic acids is 1. The summed E-state index contributed by atoms with van der Waals surface area (Å²) < 4.78 is 5.42. The molecule has 2 fully saturated rings. The maximum absolute atomic E-state index is 12.7. The molecule has 3 heteroatoms. The van der Waals surface area contributed by atoms with Gasteiger partial charge in [0.2, 0.25) is 0 Å². The summed E-state index contributed by atoms with van der Waals surface area (Å²) in [6.07, 6.45) is 8.30. The first-order valence-corrected chi connectivity index (χ1v) is 8.76. The molecule has 1 aromatic rings. The minimum atomic E-state index is -0.108. The van der Waals surface area contributed by atoms with E-state index in [1.165, 1.54) is 36.8 Å². The van der Waals surface area contributed by atoms with E-state index in [0.717, 1.165) is 25.8 Å². The lowest BCUT2D eigenvalue weighted by atomic mass is 9.53. The zero-order valence-electron chi connectivity index (χ0n) is 13.4. The number of nitrogens with zero attached hydrogens (tertiary/aromatic N) is 1. The molecule has 1 aromatic carbocycles. The Morgan fingerprint density at radius 1 is 1.18 bits per heavy atom. The van der Waals surface area contributed by atoms with Crippen LogP contribution in [0.5, 0.6) is 0 Å². The zero-order chi connectivity index (χ0) is 15.2. The van der Waals surface area contributed by atoms with Crippen molar-refractivity contribution in [1.82, 2.24) is 4.90 Å². The van der Waals surface area contributed by atoms with Crippen molar-refractivity contribution in [3.8, 4) is 0 Å². The van der Waals surface area contributed by atoms with Gasteiger partial charge in [-0.25, -0.2) is 4.79 Å². The van der Waals surface area contributed by atoms with Crippen LogP contribution in [0.15, 0.2) is 24.3 Å². The molecule has 0 spiro atoms. The highest BCUT2D eigenvalue weighted by atomic mass is 16.6. The molecule has 1 heterocycles. The Morgan fingerprint density at radius 2 is 2.00 bits per heavy atom. The molecule has 0 N–H and O–H groups in total. The monoisotopic (exact) mass is 299 g/mol. The quantitative estimate of drug-likeness (QED) is 0.776. The van der Waals surface area contributed by atoms with Crippen LogP contribution >= 0.6 is 0 Å². The first kappa shape index (κ1) is 14.1. The lowest BCUT2D eigenvalue weighted by Gasteiger charge is -2.56. The van der Waals surface area contributed by atoms with E-state index < -0.39 is 0 Å². The molecule has 1 amide bonds. The number of rotatable bonds is 1. The third-order valence-electron chi connectivity index (χ3n) is 6.42. The summed E-state index contributed by atoms with van der Waals surface area (Å²) in [5, 5.41) is 0. The standard InChI is InChI=1S/C19H25NO2/c1-2-22-17(21)20-14-13-18-10-5-6-11-19(18,20)16-8-4-3-7-15(16)9-12-18/h3-4,7-8H,2,5-6,9-14H2,1H3. The summed E-state index contributed by atoms with van der Waals surface area (Å²) in [6, 6.07) is 8.80. The Hall–Kier alpha value is -1.51. The molecule has 22 heavy (non-hydrogen) atoms.